The zero-order valence-corrected chi connectivity index (χ0v) is 28.8. The lowest BCUT2D eigenvalue weighted by atomic mass is 9.88. The summed E-state index contributed by atoms with van der Waals surface area (Å²) >= 11 is 6.27. The summed E-state index contributed by atoms with van der Waals surface area (Å²) < 4.78 is 32.6. The van der Waals surface area contributed by atoms with E-state index in [9.17, 15) is 24.0 Å². The second-order valence-corrected chi connectivity index (χ2v) is 14.9. The Hall–Kier alpha value is -3.74. The fourth-order valence-corrected chi connectivity index (χ4v) is 4.26. The quantitative estimate of drug-likeness (QED) is 0.248. The van der Waals surface area contributed by atoms with Gasteiger partial charge >= 0.3 is 24.5 Å². The molecule has 1 aromatic rings. The van der Waals surface area contributed by atoms with Crippen molar-refractivity contribution in [2.45, 2.75) is 124 Å². The van der Waals surface area contributed by atoms with Crippen LogP contribution < -0.4 is 10.2 Å². The number of imide groups is 1. The highest BCUT2D eigenvalue weighted by atomic mass is 35.5. The van der Waals surface area contributed by atoms with Crippen LogP contribution in [-0.4, -0.2) is 65.5 Å². The molecule has 0 saturated carbocycles. The maximum Gasteiger partial charge on any atom is 0.510 e. The number of amides is 3. The van der Waals surface area contributed by atoms with Crippen molar-refractivity contribution in [2.24, 2.45) is 0 Å². The molecule has 45 heavy (non-hydrogen) atoms. The molecule has 2 atom stereocenters. The van der Waals surface area contributed by atoms with Crippen LogP contribution in [0.3, 0.4) is 0 Å². The van der Waals surface area contributed by atoms with Gasteiger partial charge in [-0.05, 0) is 95.2 Å². The molecule has 0 unspecified atom stereocenters. The molecular weight excluding hydrogens is 612 g/mol. The molecular formula is C31H45ClN2O11. The molecule has 0 spiro atoms. The zero-order chi connectivity index (χ0) is 34.8. The van der Waals surface area contributed by atoms with E-state index in [1.54, 1.807) is 83.1 Å². The highest BCUT2D eigenvalue weighted by Crippen LogP contribution is 2.47. The van der Waals surface area contributed by atoms with Gasteiger partial charge < -0.3 is 33.7 Å². The molecule has 1 aromatic carbocycles. The van der Waals surface area contributed by atoms with Gasteiger partial charge in [0.05, 0.1) is 11.7 Å². The van der Waals surface area contributed by atoms with Crippen molar-refractivity contribution < 1.29 is 52.4 Å². The van der Waals surface area contributed by atoms with E-state index in [1.807, 2.05) is 0 Å². The molecule has 252 valence electrons. The summed E-state index contributed by atoms with van der Waals surface area (Å²) in [7, 11) is 0. The zero-order valence-electron chi connectivity index (χ0n) is 28.0. The number of hydrogen-bond acceptors (Lipinski definition) is 11. The molecule has 0 saturated heterocycles. The van der Waals surface area contributed by atoms with Gasteiger partial charge in [-0.15, -0.1) is 0 Å². The number of ether oxygens (including phenoxy) is 6. The molecule has 1 heterocycles. The van der Waals surface area contributed by atoms with E-state index in [1.165, 1.54) is 18.2 Å². The van der Waals surface area contributed by atoms with Crippen LogP contribution in [0.5, 0.6) is 0 Å². The molecule has 1 N–H and O–H groups in total. The lowest BCUT2D eigenvalue weighted by Crippen LogP contribution is -2.52. The molecule has 1 aliphatic rings. The number of nitrogens with zero attached hydrogens (tertiary/aromatic N) is 1. The average molecular weight is 657 g/mol. The number of nitrogens with one attached hydrogen (secondary N) is 1. The minimum atomic E-state index is -2.30. The number of hydrogen-bond donors (Lipinski definition) is 1. The monoisotopic (exact) mass is 656 g/mol. The van der Waals surface area contributed by atoms with Gasteiger partial charge in [0.2, 0.25) is 5.60 Å². The number of benzene rings is 1. The minimum Gasteiger partial charge on any atom is -0.444 e. The summed E-state index contributed by atoms with van der Waals surface area (Å²) in [5.74, 6) is -1.03. The van der Waals surface area contributed by atoms with Crippen molar-refractivity contribution in [3.05, 3.63) is 28.8 Å². The minimum absolute atomic E-state index is 0.0191. The Bertz CT molecular complexity index is 1300. The number of anilines is 1. The van der Waals surface area contributed by atoms with E-state index in [0.29, 0.717) is 4.90 Å². The molecule has 0 bridgehead atoms. The topological polar surface area (TPSA) is 156 Å². The standard InChI is InChI=1S/C31H45ClN2O11/c1-27(2,3)41-23(36)33-19(17-40-25(38)43-29(7,8)9)16-31(45-26(39)44-30(10,11)12)20-14-13-18(32)15-21(20)34(22(31)35)24(37)42-28(4,5)6/h13-15,19H,16-17H2,1-12H3,(H,33,36)/t19-,31-/m1/s1. The number of alkyl carbamates (subject to hydrolysis) is 1. The summed E-state index contributed by atoms with van der Waals surface area (Å²) in [6.45, 7) is 18.9. The third-order valence-electron chi connectivity index (χ3n) is 5.45. The van der Waals surface area contributed by atoms with E-state index in [0.717, 1.165) is 0 Å². The molecule has 14 heteroatoms. The molecule has 1 aliphatic heterocycles. The molecule has 13 nitrogen and oxygen atoms in total. The van der Waals surface area contributed by atoms with E-state index >= 15 is 0 Å². The SMILES string of the molecule is CC(C)(C)OC(=O)N[C@@H](COC(=O)OC(C)(C)C)C[C@]1(OC(=O)OC(C)(C)C)C(=O)N(C(=O)OC(C)(C)C)c2cc(Cl)ccc21. The Kier molecular flexibility index (Phi) is 11.1. The van der Waals surface area contributed by atoms with Crippen LogP contribution in [0.1, 0.15) is 95.1 Å². The molecule has 0 aliphatic carbocycles. The second kappa shape index (κ2) is 13.3. The summed E-state index contributed by atoms with van der Waals surface area (Å²) in [6, 6.07) is 2.95. The number of carbonyl (C=O) groups is 5. The van der Waals surface area contributed by atoms with Crippen LogP contribution in [0.4, 0.5) is 24.9 Å². The molecule has 2 rings (SSSR count). The fraction of sp³-hybridized carbons (Fsp3) is 0.645. The van der Waals surface area contributed by atoms with Gasteiger partial charge in [-0.25, -0.2) is 24.1 Å². The van der Waals surface area contributed by atoms with Crippen LogP contribution in [0.25, 0.3) is 0 Å². The predicted molar refractivity (Wildman–Crippen MR) is 164 cm³/mol. The van der Waals surface area contributed by atoms with Crippen LogP contribution in [0.15, 0.2) is 18.2 Å². The van der Waals surface area contributed by atoms with Crippen LogP contribution in [0.2, 0.25) is 5.02 Å². The molecule has 0 radical (unpaired) electrons. The van der Waals surface area contributed by atoms with Crippen LogP contribution in [-0.2, 0) is 38.8 Å². The van der Waals surface area contributed by atoms with Crippen LogP contribution in [0, 0.1) is 0 Å². The Morgan fingerprint density at radius 1 is 0.800 bits per heavy atom. The average Bonchev–Trinajstić information content (AvgIpc) is 2.99. The van der Waals surface area contributed by atoms with E-state index in [4.69, 9.17) is 40.0 Å². The van der Waals surface area contributed by atoms with Crippen molar-refractivity contribution in [3.63, 3.8) is 0 Å². The highest BCUT2D eigenvalue weighted by molar-refractivity contribution is 6.31. The number of carbonyl (C=O) groups excluding carboxylic acids is 5. The maximum atomic E-state index is 14.4. The number of halogens is 1. The number of fused-ring (bicyclic) bond motifs is 1. The van der Waals surface area contributed by atoms with Crippen LogP contribution >= 0.6 is 11.6 Å². The first-order valence-electron chi connectivity index (χ1n) is 14.4. The van der Waals surface area contributed by atoms with E-state index < -0.39 is 77.5 Å². The Labute approximate surface area is 269 Å². The van der Waals surface area contributed by atoms with Gasteiger partial charge in [-0.1, -0.05) is 17.7 Å². The third kappa shape index (κ3) is 11.3. The molecule has 0 aromatic heterocycles. The number of rotatable bonds is 6. The first kappa shape index (κ1) is 37.4. The van der Waals surface area contributed by atoms with Gasteiger partial charge in [0, 0.05) is 17.0 Å². The summed E-state index contributed by atoms with van der Waals surface area (Å²) in [6.07, 6.45) is -4.82. The Balaban J connectivity index is 2.69. The van der Waals surface area contributed by atoms with Gasteiger partial charge in [0.25, 0.3) is 5.91 Å². The van der Waals surface area contributed by atoms with Crippen molar-refractivity contribution in [1.29, 1.82) is 0 Å². The van der Waals surface area contributed by atoms with Crippen molar-refractivity contribution in [1.82, 2.24) is 5.32 Å². The first-order chi connectivity index (χ1) is 20.2. The van der Waals surface area contributed by atoms with Crippen molar-refractivity contribution in [2.75, 3.05) is 11.5 Å². The highest BCUT2D eigenvalue weighted by Gasteiger charge is 2.59. The lowest BCUT2D eigenvalue weighted by molar-refractivity contribution is -0.144. The summed E-state index contributed by atoms with van der Waals surface area (Å²) in [5, 5.41) is 2.74. The first-order valence-corrected chi connectivity index (χ1v) is 14.7. The maximum absolute atomic E-state index is 14.4. The largest absolute Gasteiger partial charge is 0.510 e. The van der Waals surface area contributed by atoms with Crippen molar-refractivity contribution in [3.8, 4) is 0 Å². The predicted octanol–water partition coefficient (Wildman–Crippen LogP) is 7.00. The van der Waals surface area contributed by atoms with E-state index in [-0.39, 0.29) is 16.3 Å². The smallest absolute Gasteiger partial charge is 0.444 e. The summed E-state index contributed by atoms with van der Waals surface area (Å²) in [5.41, 5.74) is -6.10. The normalized spacial score (nSPS) is 17.5. The second-order valence-electron chi connectivity index (χ2n) is 14.5. The van der Waals surface area contributed by atoms with Gasteiger partial charge in [-0.3, -0.25) is 4.79 Å². The molecule has 3 amide bonds. The Morgan fingerprint density at radius 3 is 1.82 bits per heavy atom. The molecule has 0 fully saturated rings. The van der Waals surface area contributed by atoms with Gasteiger partial charge in [0.1, 0.15) is 29.0 Å². The fourth-order valence-electron chi connectivity index (χ4n) is 4.10. The van der Waals surface area contributed by atoms with Gasteiger partial charge in [-0.2, -0.15) is 0 Å². The summed E-state index contributed by atoms with van der Waals surface area (Å²) in [4.78, 5) is 67.0. The van der Waals surface area contributed by atoms with Crippen molar-refractivity contribution >= 4 is 47.7 Å². The van der Waals surface area contributed by atoms with E-state index in [2.05, 4.69) is 5.32 Å². The lowest BCUT2D eigenvalue weighted by Gasteiger charge is -2.33. The Morgan fingerprint density at radius 2 is 1.31 bits per heavy atom. The third-order valence-corrected chi connectivity index (χ3v) is 5.69. The van der Waals surface area contributed by atoms with Gasteiger partial charge in [0.15, 0.2) is 0 Å².